The standard InChI is InChI=1S/C18H19NO4/c1-22-16-6-4-13(10-17(16)23-2)18(21)19-8-7-12-9-15(20)5-3-14(12)11-19/h3-6,9-10,20H,7-8,11H2,1-2H3. The van der Waals surface area contributed by atoms with Crippen molar-refractivity contribution in [3.8, 4) is 17.2 Å². The molecule has 1 heterocycles. The maximum Gasteiger partial charge on any atom is 0.254 e. The molecule has 2 aromatic rings. The zero-order valence-electron chi connectivity index (χ0n) is 13.2. The maximum atomic E-state index is 12.7. The van der Waals surface area contributed by atoms with Gasteiger partial charge >= 0.3 is 0 Å². The predicted octanol–water partition coefficient (Wildman–Crippen LogP) is 2.61. The van der Waals surface area contributed by atoms with Gasteiger partial charge < -0.3 is 19.5 Å². The van der Waals surface area contributed by atoms with Gasteiger partial charge in [-0.05, 0) is 47.9 Å². The molecule has 0 aromatic heterocycles. The van der Waals surface area contributed by atoms with Crippen LogP contribution in [0.1, 0.15) is 21.5 Å². The van der Waals surface area contributed by atoms with Crippen molar-refractivity contribution < 1.29 is 19.4 Å². The Bertz CT molecular complexity index is 742. The summed E-state index contributed by atoms with van der Waals surface area (Å²) in [5.41, 5.74) is 2.74. The second-order valence-electron chi connectivity index (χ2n) is 5.50. The first-order chi connectivity index (χ1) is 11.1. The molecule has 1 amide bonds. The fourth-order valence-electron chi connectivity index (χ4n) is 2.86. The third-order valence-electron chi connectivity index (χ3n) is 4.12. The molecule has 1 N–H and O–H groups in total. The minimum atomic E-state index is -0.0373. The van der Waals surface area contributed by atoms with Gasteiger partial charge in [-0.15, -0.1) is 0 Å². The summed E-state index contributed by atoms with van der Waals surface area (Å²) in [7, 11) is 3.12. The number of fused-ring (bicyclic) bond motifs is 1. The minimum Gasteiger partial charge on any atom is -0.508 e. The van der Waals surface area contributed by atoms with Crippen LogP contribution >= 0.6 is 0 Å². The molecular weight excluding hydrogens is 294 g/mol. The first-order valence-corrected chi connectivity index (χ1v) is 7.44. The molecule has 0 saturated carbocycles. The Kier molecular flexibility index (Phi) is 4.10. The molecule has 0 radical (unpaired) electrons. The van der Waals surface area contributed by atoms with Gasteiger partial charge in [-0.3, -0.25) is 4.79 Å². The summed E-state index contributed by atoms with van der Waals surface area (Å²) < 4.78 is 10.5. The lowest BCUT2D eigenvalue weighted by molar-refractivity contribution is 0.0734. The van der Waals surface area contributed by atoms with Crippen LogP contribution in [0.4, 0.5) is 0 Å². The van der Waals surface area contributed by atoms with E-state index in [-0.39, 0.29) is 11.7 Å². The van der Waals surface area contributed by atoms with Crippen molar-refractivity contribution in [1.29, 1.82) is 0 Å². The summed E-state index contributed by atoms with van der Waals surface area (Å²) in [5.74, 6) is 1.37. The van der Waals surface area contributed by atoms with E-state index in [0.717, 1.165) is 17.5 Å². The summed E-state index contributed by atoms with van der Waals surface area (Å²) in [6.45, 7) is 1.17. The Morgan fingerprint density at radius 1 is 1.04 bits per heavy atom. The van der Waals surface area contributed by atoms with E-state index in [1.165, 1.54) is 0 Å². The van der Waals surface area contributed by atoms with Gasteiger partial charge in [0, 0.05) is 18.7 Å². The Balaban J connectivity index is 1.83. The van der Waals surface area contributed by atoms with Crippen LogP contribution in [-0.2, 0) is 13.0 Å². The molecule has 0 unspecified atom stereocenters. The van der Waals surface area contributed by atoms with Gasteiger partial charge in [-0.25, -0.2) is 0 Å². The monoisotopic (exact) mass is 313 g/mol. The highest BCUT2D eigenvalue weighted by Crippen LogP contribution is 2.29. The maximum absolute atomic E-state index is 12.7. The average molecular weight is 313 g/mol. The van der Waals surface area contributed by atoms with Crippen LogP contribution in [0.25, 0.3) is 0 Å². The molecule has 3 rings (SSSR count). The summed E-state index contributed by atoms with van der Waals surface area (Å²) in [6, 6.07) is 10.5. The van der Waals surface area contributed by atoms with Crippen LogP contribution < -0.4 is 9.47 Å². The van der Waals surface area contributed by atoms with Crippen molar-refractivity contribution in [3.05, 3.63) is 53.1 Å². The fourth-order valence-corrected chi connectivity index (χ4v) is 2.86. The van der Waals surface area contributed by atoms with E-state index in [1.54, 1.807) is 49.5 Å². The quantitative estimate of drug-likeness (QED) is 0.946. The second kappa shape index (κ2) is 6.20. The van der Waals surface area contributed by atoms with E-state index in [1.807, 2.05) is 6.07 Å². The number of hydrogen-bond donors (Lipinski definition) is 1. The Labute approximate surface area is 135 Å². The lowest BCUT2D eigenvalue weighted by Crippen LogP contribution is -2.35. The molecule has 0 bridgehead atoms. The molecule has 0 spiro atoms. The fraction of sp³-hybridized carbons (Fsp3) is 0.278. The van der Waals surface area contributed by atoms with Gasteiger partial charge in [0.1, 0.15) is 5.75 Å². The number of carbonyl (C=O) groups excluding carboxylic acids is 1. The summed E-state index contributed by atoms with van der Waals surface area (Å²) in [5, 5.41) is 9.54. The molecular formula is C18H19NO4. The minimum absolute atomic E-state index is 0.0373. The molecule has 0 atom stereocenters. The zero-order chi connectivity index (χ0) is 16.4. The first-order valence-electron chi connectivity index (χ1n) is 7.44. The summed E-state index contributed by atoms with van der Waals surface area (Å²) in [6.07, 6.45) is 0.739. The molecule has 120 valence electrons. The number of nitrogens with zero attached hydrogens (tertiary/aromatic N) is 1. The Morgan fingerprint density at radius 3 is 2.57 bits per heavy atom. The number of amides is 1. The van der Waals surface area contributed by atoms with Gasteiger partial charge in [0.15, 0.2) is 11.5 Å². The van der Waals surface area contributed by atoms with Crippen LogP contribution in [0.3, 0.4) is 0 Å². The van der Waals surface area contributed by atoms with Crippen molar-refractivity contribution in [3.63, 3.8) is 0 Å². The van der Waals surface area contributed by atoms with E-state index >= 15 is 0 Å². The van der Waals surface area contributed by atoms with E-state index in [4.69, 9.17) is 9.47 Å². The van der Waals surface area contributed by atoms with Crippen LogP contribution in [-0.4, -0.2) is 36.7 Å². The molecule has 1 aliphatic heterocycles. The van der Waals surface area contributed by atoms with Crippen molar-refractivity contribution in [2.75, 3.05) is 20.8 Å². The first kappa shape index (κ1) is 15.2. The number of phenols is 1. The highest BCUT2D eigenvalue weighted by Gasteiger charge is 2.23. The molecule has 5 heteroatoms. The van der Waals surface area contributed by atoms with Crippen LogP contribution in [0, 0.1) is 0 Å². The smallest absolute Gasteiger partial charge is 0.254 e. The van der Waals surface area contributed by atoms with E-state index < -0.39 is 0 Å². The van der Waals surface area contributed by atoms with E-state index in [0.29, 0.717) is 30.2 Å². The van der Waals surface area contributed by atoms with Crippen LogP contribution in [0.15, 0.2) is 36.4 Å². The third kappa shape index (κ3) is 2.95. The van der Waals surface area contributed by atoms with E-state index in [2.05, 4.69) is 0 Å². The third-order valence-corrected chi connectivity index (χ3v) is 4.12. The SMILES string of the molecule is COc1ccc(C(=O)N2CCc3cc(O)ccc3C2)cc1OC. The van der Waals surface area contributed by atoms with Crippen molar-refractivity contribution in [2.24, 2.45) is 0 Å². The number of carbonyl (C=O) groups is 1. The lowest BCUT2D eigenvalue weighted by atomic mass is 9.99. The predicted molar refractivity (Wildman–Crippen MR) is 86.1 cm³/mol. The molecule has 0 fully saturated rings. The number of phenolic OH excluding ortho intramolecular Hbond substituents is 1. The number of benzene rings is 2. The average Bonchev–Trinajstić information content (AvgIpc) is 2.60. The van der Waals surface area contributed by atoms with Gasteiger partial charge in [0.25, 0.3) is 5.91 Å². The van der Waals surface area contributed by atoms with E-state index in [9.17, 15) is 9.90 Å². The highest BCUT2D eigenvalue weighted by atomic mass is 16.5. The number of methoxy groups -OCH3 is 2. The lowest BCUT2D eigenvalue weighted by Gasteiger charge is -2.29. The van der Waals surface area contributed by atoms with Crippen LogP contribution in [0.2, 0.25) is 0 Å². The zero-order valence-corrected chi connectivity index (χ0v) is 13.2. The summed E-state index contributed by atoms with van der Waals surface area (Å²) in [4.78, 5) is 14.5. The molecule has 1 aliphatic rings. The number of aromatic hydroxyl groups is 1. The van der Waals surface area contributed by atoms with Crippen LogP contribution in [0.5, 0.6) is 17.2 Å². The molecule has 0 saturated heterocycles. The second-order valence-corrected chi connectivity index (χ2v) is 5.50. The normalized spacial score (nSPS) is 13.4. The van der Waals surface area contributed by atoms with Crippen molar-refractivity contribution in [1.82, 2.24) is 4.90 Å². The number of ether oxygens (including phenoxy) is 2. The highest BCUT2D eigenvalue weighted by molar-refractivity contribution is 5.95. The Hall–Kier alpha value is -2.69. The van der Waals surface area contributed by atoms with Crippen molar-refractivity contribution in [2.45, 2.75) is 13.0 Å². The number of hydrogen-bond acceptors (Lipinski definition) is 4. The molecule has 5 nitrogen and oxygen atoms in total. The van der Waals surface area contributed by atoms with Gasteiger partial charge in [0.2, 0.25) is 0 Å². The van der Waals surface area contributed by atoms with Gasteiger partial charge in [-0.1, -0.05) is 6.07 Å². The topological polar surface area (TPSA) is 59.0 Å². The Morgan fingerprint density at radius 2 is 1.83 bits per heavy atom. The van der Waals surface area contributed by atoms with Crippen molar-refractivity contribution >= 4 is 5.91 Å². The van der Waals surface area contributed by atoms with Gasteiger partial charge in [-0.2, -0.15) is 0 Å². The largest absolute Gasteiger partial charge is 0.508 e. The molecule has 2 aromatic carbocycles. The number of rotatable bonds is 3. The molecule has 23 heavy (non-hydrogen) atoms. The summed E-state index contributed by atoms with van der Waals surface area (Å²) >= 11 is 0. The molecule has 0 aliphatic carbocycles. The van der Waals surface area contributed by atoms with Gasteiger partial charge in [0.05, 0.1) is 14.2 Å².